The van der Waals surface area contributed by atoms with Crippen LogP contribution in [0.4, 0.5) is 0 Å². The van der Waals surface area contributed by atoms with Crippen LogP contribution in [0, 0.1) is 0 Å². The maximum Gasteiger partial charge on any atom is 0.369 e. The molecule has 0 bridgehead atoms. The van der Waals surface area contributed by atoms with Gasteiger partial charge >= 0.3 is 5.97 Å². The highest BCUT2D eigenvalue weighted by molar-refractivity contribution is 8.01. The molecule has 1 aromatic rings. The van der Waals surface area contributed by atoms with E-state index in [9.17, 15) is 4.79 Å². The quantitative estimate of drug-likeness (QED) is 0.600. The molecular weight excluding hydrogens is 224 g/mol. The van der Waals surface area contributed by atoms with Crippen LogP contribution < -0.4 is 0 Å². The summed E-state index contributed by atoms with van der Waals surface area (Å²) in [6.07, 6.45) is 0. The van der Waals surface area contributed by atoms with Gasteiger partial charge in [-0.1, -0.05) is 23.1 Å². The monoisotopic (exact) mass is 234 g/mol. The molecule has 0 spiro atoms. The maximum atomic E-state index is 11.2. The van der Waals surface area contributed by atoms with E-state index in [0.717, 1.165) is 0 Å². The third kappa shape index (κ3) is 3.24. The van der Waals surface area contributed by atoms with Crippen molar-refractivity contribution in [3.63, 3.8) is 0 Å². The number of carbonyl (C=O) groups is 1. The minimum atomic E-state index is -0.444. The second-order valence-corrected chi connectivity index (χ2v) is 4.49. The SMILES string of the molecule is CCOC(=O)c1nnc(SCCO)s1. The molecule has 1 N–H and O–H groups in total. The summed E-state index contributed by atoms with van der Waals surface area (Å²) >= 11 is 2.54. The highest BCUT2D eigenvalue weighted by atomic mass is 32.2. The Kier molecular flexibility index (Phi) is 4.85. The molecule has 0 saturated carbocycles. The van der Waals surface area contributed by atoms with Gasteiger partial charge in [-0.15, -0.1) is 10.2 Å². The first-order chi connectivity index (χ1) is 6.77. The van der Waals surface area contributed by atoms with Crippen molar-refractivity contribution in [2.45, 2.75) is 11.3 Å². The maximum absolute atomic E-state index is 11.2. The Morgan fingerprint density at radius 3 is 3.07 bits per heavy atom. The van der Waals surface area contributed by atoms with Gasteiger partial charge in [0.15, 0.2) is 4.34 Å². The molecule has 0 amide bonds. The van der Waals surface area contributed by atoms with Gasteiger partial charge in [0.25, 0.3) is 0 Å². The van der Waals surface area contributed by atoms with E-state index in [0.29, 0.717) is 16.7 Å². The first kappa shape index (κ1) is 11.4. The molecule has 0 aromatic carbocycles. The predicted molar refractivity (Wildman–Crippen MR) is 53.7 cm³/mol. The Morgan fingerprint density at radius 2 is 2.43 bits per heavy atom. The van der Waals surface area contributed by atoms with E-state index < -0.39 is 5.97 Å². The zero-order chi connectivity index (χ0) is 10.4. The van der Waals surface area contributed by atoms with Gasteiger partial charge in [-0.2, -0.15) is 0 Å². The number of hydrogen-bond acceptors (Lipinski definition) is 7. The Morgan fingerprint density at radius 1 is 1.64 bits per heavy atom. The molecule has 5 nitrogen and oxygen atoms in total. The molecule has 14 heavy (non-hydrogen) atoms. The Labute approximate surface area is 89.5 Å². The number of thioether (sulfide) groups is 1. The highest BCUT2D eigenvalue weighted by Crippen LogP contribution is 2.22. The zero-order valence-corrected chi connectivity index (χ0v) is 9.23. The van der Waals surface area contributed by atoms with E-state index in [1.54, 1.807) is 6.92 Å². The summed E-state index contributed by atoms with van der Waals surface area (Å²) in [5.74, 6) is 0.109. The lowest BCUT2D eigenvalue weighted by molar-refractivity contribution is 0.0525. The number of ether oxygens (including phenoxy) is 1. The van der Waals surface area contributed by atoms with Crippen molar-refractivity contribution in [1.29, 1.82) is 0 Å². The number of hydrogen-bond donors (Lipinski definition) is 1. The summed E-state index contributed by atoms with van der Waals surface area (Å²) in [5, 5.41) is 16.3. The summed E-state index contributed by atoms with van der Waals surface area (Å²) in [4.78, 5) is 11.2. The lowest BCUT2D eigenvalue weighted by Crippen LogP contribution is -2.03. The predicted octanol–water partition coefficient (Wildman–Crippen LogP) is 0.799. The average molecular weight is 234 g/mol. The Bertz CT molecular complexity index is 303. The normalized spacial score (nSPS) is 10.1. The number of esters is 1. The first-order valence-electron chi connectivity index (χ1n) is 4.02. The van der Waals surface area contributed by atoms with Crippen LogP contribution in [0.15, 0.2) is 4.34 Å². The first-order valence-corrected chi connectivity index (χ1v) is 5.82. The molecule has 0 atom stereocenters. The van der Waals surface area contributed by atoms with Gasteiger partial charge in [-0.3, -0.25) is 0 Å². The minimum absolute atomic E-state index is 0.0823. The molecule has 1 rings (SSSR count). The molecule has 7 heteroatoms. The molecule has 0 radical (unpaired) electrons. The van der Waals surface area contributed by atoms with E-state index in [1.165, 1.54) is 23.1 Å². The number of rotatable bonds is 5. The summed E-state index contributed by atoms with van der Waals surface area (Å²) in [6.45, 7) is 2.15. The van der Waals surface area contributed by atoms with E-state index >= 15 is 0 Å². The number of aliphatic hydroxyl groups is 1. The average Bonchev–Trinajstić information content (AvgIpc) is 2.63. The summed E-state index contributed by atoms with van der Waals surface area (Å²) in [5.41, 5.74) is 0. The van der Waals surface area contributed by atoms with Crippen molar-refractivity contribution >= 4 is 29.1 Å². The fraction of sp³-hybridized carbons (Fsp3) is 0.571. The molecule has 0 fully saturated rings. The highest BCUT2D eigenvalue weighted by Gasteiger charge is 2.13. The van der Waals surface area contributed by atoms with Gasteiger partial charge < -0.3 is 9.84 Å². The van der Waals surface area contributed by atoms with Crippen LogP contribution >= 0.6 is 23.1 Å². The fourth-order valence-electron chi connectivity index (χ4n) is 0.676. The van der Waals surface area contributed by atoms with E-state index in [2.05, 4.69) is 10.2 Å². The molecule has 78 valence electrons. The second-order valence-electron chi connectivity index (χ2n) is 2.17. The Hall–Kier alpha value is -0.660. The van der Waals surface area contributed by atoms with Crippen LogP contribution in [0.3, 0.4) is 0 Å². The largest absolute Gasteiger partial charge is 0.461 e. The standard InChI is InChI=1S/C7H10N2O3S2/c1-2-12-6(11)5-8-9-7(14-5)13-4-3-10/h10H,2-4H2,1H3. The van der Waals surface area contributed by atoms with E-state index in [-0.39, 0.29) is 11.6 Å². The Balaban J connectivity index is 2.54. The number of nitrogens with zero attached hydrogens (tertiary/aromatic N) is 2. The van der Waals surface area contributed by atoms with Crippen LogP contribution in [0.25, 0.3) is 0 Å². The molecule has 0 saturated heterocycles. The molecule has 0 aliphatic carbocycles. The fourth-order valence-corrected chi connectivity index (χ4v) is 2.23. The van der Waals surface area contributed by atoms with Crippen molar-refractivity contribution in [2.24, 2.45) is 0 Å². The van der Waals surface area contributed by atoms with Crippen LogP contribution in [-0.4, -0.2) is 40.2 Å². The lowest BCUT2D eigenvalue weighted by Gasteiger charge is -1.94. The molecule has 1 heterocycles. The molecule has 0 aliphatic heterocycles. The van der Waals surface area contributed by atoms with Gasteiger partial charge in [0.2, 0.25) is 5.01 Å². The van der Waals surface area contributed by atoms with Crippen LogP contribution in [0.2, 0.25) is 0 Å². The summed E-state index contributed by atoms with van der Waals surface area (Å²) < 4.78 is 5.42. The van der Waals surface area contributed by atoms with Gasteiger partial charge in [0.1, 0.15) is 0 Å². The second kappa shape index (κ2) is 5.94. The van der Waals surface area contributed by atoms with Crippen molar-refractivity contribution in [3.05, 3.63) is 5.01 Å². The molecule has 0 aliphatic rings. The van der Waals surface area contributed by atoms with Crippen LogP contribution in [0.5, 0.6) is 0 Å². The lowest BCUT2D eigenvalue weighted by atomic mass is 10.7. The summed E-state index contributed by atoms with van der Waals surface area (Å²) in [6, 6.07) is 0. The number of carbonyl (C=O) groups excluding carboxylic acids is 1. The topological polar surface area (TPSA) is 72.3 Å². The third-order valence-electron chi connectivity index (χ3n) is 1.17. The van der Waals surface area contributed by atoms with Crippen LogP contribution in [0.1, 0.15) is 16.7 Å². The van der Waals surface area contributed by atoms with Crippen molar-refractivity contribution in [2.75, 3.05) is 19.0 Å². The molecule has 0 unspecified atom stereocenters. The van der Waals surface area contributed by atoms with Gasteiger partial charge in [-0.25, -0.2) is 4.79 Å². The van der Waals surface area contributed by atoms with Gasteiger partial charge in [0.05, 0.1) is 13.2 Å². The molecule has 1 aromatic heterocycles. The van der Waals surface area contributed by atoms with Crippen molar-refractivity contribution < 1.29 is 14.6 Å². The zero-order valence-electron chi connectivity index (χ0n) is 7.60. The van der Waals surface area contributed by atoms with Crippen molar-refractivity contribution in [3.8, 4) is 0 Å². The third-order valence-corrected chi connectivity index (χ3v) is 3.19. The smallest absolute Gasteiger partial charge is 0.369 e. The summed E-state index contributed by atoms with van der Waals surface area (Å²) in [7, 11) is 0. The number of aliphatic hydroxyl groups excluding tert-OH is 1. The van der Waals surface area contributed by atoms with E-state index in [4.69, 9.17) is 9.84 Å². The minimum Gasteiger partial charge on any atom is -0.461 e. The number of aromatic nitrogens is 2. The van der Waals surface area contributed by atoms with Crippen LogP contribution in [-0.2, 0) is 4.74 Å². The van der Waals surface area contributed by atoms with Gasteiger partial charge in [-0.05, 0) is 6.92 Å². The van der Waals surface area contributed by atoms with Crippen molar-refractivity contribution in [1.82, 2.24) is 10.2 Å². The molecular formula is C7H10N2O3S2. The van der Waals surface area contributed by atoms with Gasteiger partial charge in [0, 0.05) is 5.75 Å². The van der Waals surface area contributed by atoms with E-state index in [1.807, 2.05) is 0 Å².